The molecule has 0 spiro atoms. The summed E-state index contributed by atoms with van der Waals surface area (Å²) < 4.78 is 35.4. The number of terminal acetylenes is 1. The standard InChI is InChI=1S/C39H38N2O14/c1-5-10-51-29-13-19(54-37-33(44)31(42)32(43)34(55-37)36(46)47)12-28(50-4)24(29)17-52-18-8-9-26-21(11-18)20(6-2)22-15-41-27(30(22)40-26)14-25-23(35(41)45)16-53-38(48)39(25,49)7-3/h1,8-9,11-14,31-34,37,42-44,49H,6-7,10,15-17H2,2-4H3,(H,46,47)/t31-,32-,33+,34-,37+,39-/m0/s1. The number of methoxy groups -OCH3 is 1. The molecule has 0 amide bonds. The average Bonchev–Trinajstić information content (AvgIpc) is 3.55. The summed E-state index contributed by atoms with van der Waals surface area (Å²) in [6, 6.07) is 9.87. The summed E-state index contributed by atoms with van der Waals surface area (Å²) in [5, 5.41) is 52.2. The number of hydrogen-bond donors (Lipinski definition) is 5. The number of aromatic nitrogens is 2. The predicted molar refractivity (Wildman–Crippen MR) is 191 cm³/mol. The number of pyridine rings is 2. The summed E-state index contributed by atoms with van der Waals surface area (Å²) in [4.78, 5) is 42.8. The summed E-state index contributed by atoms with van der Waals surface area (Å²) in [5.41, 5.74) is 2.14. The second-order valence-corrected chi connectivity index (χ2v) is 13.3. The quantitative estimate of drug-likeness (QED) is 0.0951. The first-order chi connectivity index (χ1) is 26.3. The molecule has 3 aliphatic heterocycles. The van der Waals surface area contributed by atoms with Crippen molar-refractivity contribution in [1.29, 1.82) is 0 Å². The summed E-state index contributed by atoms with van der Waals surface area (Å²) in [6.07, 6.45) is -3.01. The lowest BCUT2D eigenvalue weighted by Gasteiger charge is -2.38. The zero-order valence-corrected chi connectivity index (χ0v) is 30.0. The molecule has 5 N–H and O–H groups in total. The second-order valence-electron chi connectivity index (χ2n) is 13.3. The van der Waals surface area contributed by atoms with Crippen molar-refractivity contribution < 1.29 is 63.5 Å². The van der Waals surface area contributed by atoms with E-state index in [1.54, 1.807) is 29.7 Å². The van der Waals surface area contributed by atoms with Crippen LogP contribution in [0.15, 0.2) is 41.2 Å². The van der Waals surface area contributed by atoms with E-state index in [2.05, 4.69) is 5.92 Å². The smallest absolute Gasteiger partial charge is 0.343 e. The highest BCUT2D eigenvalue weighted by atomic mass is 16.7. The van der Waals surface area contributed by atoms with Crippen molar-refractivity contribution in [3.8, 4) is 46.7 Å². The van der Waals surface area contributed by atoms with Gasteiger partial charge in [-0.3, -0.25) is 4.79 Å². The highest BCUT2D eigenvalue weighted by molar-refractivity contribution is 5.90. The van der Waals surface area contributed by atoms with Crippen LogP contribution in [0.2, 0.25) is 0 Å². The van der Waals surface area contributed by atoms with Gasteiger partial charge in [-0.25, -0.2) is 14.6 Å². The molecule has 0 unspecified atom stereocenters. The van der Waals surface area contributed by atoms with Gasteiger partial charge in [-0.15, -0.1) is 6.42 Å². The molecule has 2 aromatic carbocycles. The normalized spacial score (nSPS) is 23.9. The molecule has 1 fully saturated rings. The van der Waals surface area contributed by atoms with Gasteiger partial charge in [0.25, 0.3) is 5.56 Å². The number of aliphatic hydroxyl groups is 4. The molecule has 0 aliphatic carbocycles. The van der Waals surface area contributed by atoms with Crippen LogP contribution in [-0.4, -0.2) is 91.4 Å². The molecule has 288 valence electrons. The zero-order valence-electron chi connectivity index (χ0n) is 30.0. The van der Waals surface area contributed by atoms with E-state index in [4.69, 9.17) is 39.8 Å². The minimum atomic E-state index is -1.94. The maximum absolute atomic E-state index is 13.7. The number of benzene rings is 2. The number of aliphatic carboxylic acids is 1. The van der Waals surface area contributed by atoms with Crippen LogP contribution >= 0.6 is 0 Å². The number of hydrogen-bond acceptors (Lipinski definition) is 14. The molecule has 0 radical (unpaired) electrons. The van der Waals surface area contributed by atoms with Gasteiger partial charge in [-0.2, -0.15) is 0 Å². The largest absolute Gasteiger partial charge is 0.496 e. The number of carboxylic acid groups (broad SMARTS) is 1. The molecule has 4 aromatic rings. The van der Waals surface area contributed by atoms with Gasteiger partial charge in [-0.1, -0.05) is 19.8 Å². The molecule has 6 atom stereocenters. The summed E-state index contributed by atoms with van der Waals surface area (Å²) in [6.45, 7) is 3.42. The zero-order chi connectivity index (χ0) is 39.3. The molecular formula is C39H38N2O14. The Morgan fingerprint density at radius 3 is 2.47 bits per heavy atom. The van der Waals surface area contributed by atoms with E-state index in [1.165, 1.54) is 19.2 Å². The Labute approximate surface area is 313 Å². The van der Waals surface area contributed by atoms with Crippen LogP contribution in [0.3, 0.4) is 0 Å². The van der Waals surface area contributed by atoms with Crippen molar-refractivity contribution in [2.75, 3.05) is 13.7 Å². The van der Waals surface area contributed by atoms with Crippen LogP contribution in [0.25, 0.3) is 22.3 Å². The number of carbonyl (C=O) groups excluding carboxylic acids is 1. The fourth-order valence-corrected chi connectivity index (χ4v) is 7.31. The van der Waals surface area contributed by atoms with Crippen molar-refractivity contribution >= 4 is 22.8 Å². The SMILES string of the molecule is C#CCOc1cc(O[C@@H]2O[C@H](C(=O)O)[C@@H](O)[C@H](O)[C@H]2O)cc(OC)c1COc1ccc2nc3c(c(CC)c2c1)Cn1c-3cc2c(c1=O)COC(=O)[C@]2(O)CC. The molecule has 7 rings (SSSR count). The lowest BCUT2D eigenvalue weighted by atomic mass is 9.86. The number of esters is 1. The van der Waals surface area contributed by atoms with Gasteiger partial charge in [0, 0.05) is 28.6 Å². The fraction of sp³-hybridized carbons (Fsp3) is 0.385. The number of carboxylic acids is 1. The van der Waals surface area contributed by atoms with Crippen LogP contribution in [0.1, 0.15) is 48.1 Å². The number of cyclic esters (lactones) is 1. The van der Waals surface area contributed by atoms with Crippen LogP contribution in [0.4, 0.5) is 0 Å². The van der Waals surface area contributed by atoms with E-state index >= 15 is 0 Å². The molecule has 2 aromatic heterocycles. The number of fused-ring (bicyclic) bond motifs is 5. The van der Waals surface area contributed by atoms with E-state index in [-0.39, 0.29) is 66.7 Å². The molecule has 0 bridgehead atoms. The first kappa shape index (κ1) is 37.6. The number of ether oxygens (including phenoxy) is 6. The van der Waals surface area contributed by atoms with E-state index in [0.717, 1.165) is 16.5 Å². The third-order valence-corrected chi connectivity index (χ3v) is 10.3. The molecule has 1 saturated heterocycles. The first-order valence-corrected chi connectivity index (χ1v) is 17.5. The van der Waals surface area contributed by atoms with Crippen molar-refractivity contribution in [3.05, 3.63) is 74.6 Å². The molecule has 3 aliphatic rings. The molecular weight excluding hydrogens is 720 g/mol. The summed E-state index contributed by atoms with van der Waals surface area (Å²) >= 11 is 0. The topological polar surface area (TPSA) is 226 Å². The fourth-order valence-electron chi connectivity index (χ4n) is 7.31. The Hall–Kier alpha value is -5.70. The maximum Gasteiger partial charge on any atom is 0.343 e. The van der Waals surface area contributed by atoms with Crippen molar-refractivity contribution in [3.63, 3.8) is 0 Å². The Bertz CT molecular complexity index is 2310. The molecule has 16 nitrogen and oxygen atoms in total. The predicted octanol–water partition coefficient (Wildman–Crippen LogP) is 1.51. The van der Waals surface area contributed by atoms with Gasteiger partial charge in [0.05, 0.1) is 41.7 Å². The van der Waals surface area contributed by atoms with Crippen LogP contribution in [0, 0.1) is 12.3 Å². The number of aryl methyl sites for hydroxylation is 1. The van der Waals surface area contributed by atoms with Gasteiger partial charge in [0.15, 0.2) is 11.7 Å². The van der Waals surface area contributed by atoms with E-state index < -0.39 is 48.2 Å². The average molecular weight is 759 g/mol. The van der Waals surface area contributed by atoms with Gasteiger partial charge < -0.3 is 58.5 Å². The summed E-state index contributed by atoms with van der Waals surface area (Å²) in [7, 11) is 1.39. The van der Waals surface area contributed by atoms with Crippen LogP contribution in [0.5, 0.6) is 23.0 Å². The van der Waals surface area contributed by atoms with Gasteiger partial charge in [0.1, 0.15) is 61.1 Å². The van der Waals surface area contributed by atoms with Gasteiger partial charge in [-0.05, 0) is 42.7 Å². The van der Waals surface area contributed by atoms with Gasteiger partial charge in [0.2, 0.25) is 6.29 Å². The third kappa shape index (κ3) is 6.29. The maximum atomic E-state index is 13.7. The van der Waals surface area contributed by atoms with E-state index in [0.29, 0.717) is 34.6 Å². The molecule has 55 heavy (non-hydrogen) atoms. The first-order valence-electron chi connectivity index (χ1n) is 17.5. The molecule has 0 saturated carbocycles. The number of aliphatic hydroxyl groups excluding tert-OH is 3. The van der Waals surface area contributed by atoms with E-state index in [9.17, 15) is 39.9 Å². The van der Waals surface area contributed by atoms with Crippen molar-refractivity contribution in [2.24, 2.45) is 0 Å². The Kier molecular flexibility index (Phi) is 9.92. The lowest BCUT2D eigenvalue weighted by Crippen LogP contribution is -2.61. The number of carbonyl (C=O) groups is 2. The Morgan fingerprint density at radius 2 is 1.78 bits per heavy atom. The number of nitrogens with zero attached hydrogens (tertiary/aromatic N) is 2. The summed E-state index contributed by atoms with van der Waals surface area (Å²) in [5.74, 6) is 0.890. The minimum Gasteiger partial charge on any atom is -0.496 e. The number of rotatable bonds is 11. The van der Waals surface area contributed by atoms with Crippen LogP contribution < -0.4 is 24.5 Å². The highest BCUT2D eigenvalue weighted by Crippen LogP contribution is 2.42. The lowest BCUT2D eigenvalue weighted by molar-refractivity contribution is -0.271. The van der Waals surface area contributed by atoms with E-state index in [1.807, 2.05) is 13.0 Å². The molecule has 16 heteroatoms. The Balaban J connectivity index is 1.19. The molecule has 5 heterocycles. The Morgan fingerprint density at radius 1 is 1.02 bits per heavy atom. The second kappa shape index (κ2) is 14.5. The van der Waals surface area contributed by atoms with Crippen molar-refractivity contribution in [2.45, 2.75) is 82.8 Å². The minimum absolute atomic E-state index is 0.00192. The highest BCUT2D eigenvalue weighted by Gasteiger charge is 2.48. The third-order valence-electron chi connectivity index (χ3n) is 10.3. The van der Waals surface area contributed by atoms with Gasteiger partial charge >= 0.3 is 11.9 Å². The monoisotopic (exact) mass is 758 g/mol. The van der Waals surface area contributed by atoms with Crippen molar-refractivity contribution in [1.82, 2.24) is 9.55 Å². The van der Waals surface area contributed by atoms with Crippen LogP contribution in [-0.2, 0) is 50.8 Å².